The van der Waals surface area contributed by atoms with Gasteiger partial charge in [-0.05, 0) is 260 Å². The van der Waals surface area contributed by atoms with E-state index in [2.05, 4.69) is 157 Å². The highest BCUT2D eigenvalue weighted by Crippen LogP contribution is 2.54. The van der Waals surface area contributed by atoms with Crippen molar-refractivity contribution in [3.8, 4) is 23.5 Å². The molecular weight excluding hydrogens is 1760 g/mol. The van der Waals surface area contributed by atoms with E-state index in [4.69, 9.17) is 53.6 Å². The van der Waals surface area contributed by atoms with E-state index in [0.717, 1.165) is 136 Å². The van der Waals surface area contributed by atoms with Crippen molar-refractivity contribution in [3.63, 3.8) is 0 Å². The molecule has 15 rings (SSSR count). The van der Waals surface area contributed by atoms with Gasteiger partial charge in [-0.3, -0.25) is 32.1 Å². The summed E-state index contributed by atoms with van der Waals surface area (Å²) in [4.78, 5) is 29.2. The average Bonchev–Trinajstić information content (AvgIpc) is 1.01. The first-order chi connectivity index (χ1) is 62.6. The van der Waals surface area contributed by atoms with Crippen molar-refractivity contribution < 1.29 is 51.1 Å². The van der Waals surface area contributed by atoms with Gasteiger partial charge < -0.3 is 40.2 Å². The van der Waals surface area contributed by atoms with E-state index in [1.807, 2.05) is 178 Å². The van der Waals surface area contributed by atoms with Gasteiger partial charge in [0.2, 0.25) is 17.7 Å². The van der Waals surface area contributed by atoms with E-state index in [9.17, 15) is 32.1 Å². The first kappa shape index (κ1) is 113. The number of nitrogen functional groups attached to an aromatic ring is 1. The smallest absolute Gasteiger partial charge is 0.319 e. The molecule has 132 heavy (non-hydrogen) atoms. The van der Waals surface area contributed by atoms with Crippen LogP contribution in [-0.2, 0) is 24.1 Å². The molecule has 2 atom stereocenters. The second-order valence-corrected chi connectivity index (χ2v) is 40.4. The zero-order valence-electron chi connectivity index (χ0n) is 81.4. The highest BCUT2D eigenvalue weighted by atomic mass is 35.5. The number of anilines is 1. The Hall–Kier alpha value is -9.55. The van der Waals surface area contributed by atoms with E-state index in [1.54, 1.807) is 71.6 Å². The van der Waals surface area contributed by atoms with Gasteiger partial charge in [-0.2, -0.15) is 9.29 Å². The molecule has 0 aliphatic carbocycles. The number of rotatable bonds is 17. The molecule has 9 aromatic carbocycles. The van der Waals surface area contributed by atoms with Crippen LogP contribution < -0.4 is 35.1 Å². The van der Waals surface area contributed by atoms with E-state index < -0.39 is 32.3 Å². The summed E-state index contributed by atoms with van der Waals surface area (Å²) < 4.78 is 88.2. The Morgan fingerprint density at radius 1 is 0.538 bits per heavy atom. The number of fused-ring (bicyclic) bond motifs is 1. The number of halogens is 2. The normalized spacial score (nSPS) is 14.8. The maximum Gasteiger partial charge on any atom is 0.319 e. The third-order valence-electron chi connectivity index (χ3n) is 21.8. The number of aryl methyl sites for hydroxylation is 13. The number of hydrogen-bond acceptors (Lipinski definition) is 20. The molecule has 4 aliphatic heterocycles. The molecular formula is C106H148Cl2N10O11S3. The van der Waals surface area contributed by atoms with Gasteiger partial charge in [0.1, 0.15) is 5.75 Å². The maximum absolute atomic E-state index is 11.2. The van der Waals surface area contributed by atoms with Crippen LogP contribution >= 0.6 is 55.5 Å². The minimum atomic E-state index is -3.02. The quantitative estimate of drug-likeness (QED) is 0.0383. The van der Waals surface area contributed by atoms with Crippen molar-refractivity contribution in [2.45, 2.75) is 183 Å². The Balaban J connectivity index is 0.000000261. The zero-order valence-corrected chi connectivity index (χ0v) is 85.4. The summed E-state index contributed by atoms with van der Waals surface area (Å²) in [5.41, 5.74) is 31.0. The van der Waals surface area contributed by atoms with Crippen molar-refractivity contribution >= 4 is 67.1 Å². The average molecular weight is 1910 g/mol. The Morgan fingerprint density at radius 2 is 1.06 bits per heavy atom. The Morgan fingerprint density at radius 3 is 1.52 bits per heavy atom. The first-order valence-electron chi connectivity index (χ1n) is 44.8. The summed E-state index contributed by atoms with van der Waals surface area (Å²) in [5, 5.41) is 1.70. The molecule has 11 aromatic rings. The molecule has 6 heterocycles. The lowest BCUT2D eigenvalue weighted by Gasteiger charge is -2.47. The second kappa shape index (κ2) is 58.6. The summed E-state index contributed by atoms with van der Waals surface area (Å²) in [7, 11) is -1.90. The maximum atomic E-state index is 11.2. The fraction of sp³-hybridized carbons (Fsp3) is 0.377. The van der Waals surface area contributed by atoms with Crippen molar-refractivity contribution in [2.75, 3.05) is 93.1 Å². The first-order valence-corrected chi connectivity index (χ1v) is 50.1. The number of carbonyl (C=O) groups excluding carboxylic acids is 1. The number of nitrogens with one attached hydrogen (secondary N) is 1. The van der Waals surface area contributed by atoms with Gasteiger partial charge in [-0.1, -0.05) is 236 Å². The molecule has 3 saturated heterocycles. The molecule has 2 unspecified atom stereocenters. The lowest BCUT2D eigenvalue weighted by molar-refractivity contribution is -0.122. The summed E-state index contributed by atoms with van der Waals surface area (Å²) in [6, 6.07) is 72.0. The van der Waals surface area contributed by atoms with E-state index in [-0.39, 0.29) is 11.8 Å². The van der Waals surface area contributed by atoms with Crippen LogP contribution in [-0.4, -0.2) is 160 Å². The predicted molar refractivity (Wildman–Crippen MR) is 555 cm³/mol. The van der Waals surface area contributed by atoms with Crippen LogP contribution in [0, 0.1) is 94.9 Å². The summed E-state index contributed by atoms with van der Waals surface area (Å²) in [6.07, 6.45) is 11.7. The number of allylic oxidation sites excluding steroid dienone is 1. The van der Waals surface area contributed by atoms with E-state index in [0.29, 0.717) is 71.2 Å². The molecule has 2 aromatic heterocycles. The number of hydrogen-bond donors (Lipinski definition) is 9. The van der Waals surface area contributed by atoms with Crippen LogP contribution in [0.2, 0.25) is 10.0 Å². The molecule has 4 aliphatic rings. The van der Waals surface area contributed by atoms with Crippen LogP contribution in [0.5, 0.6) is 23.5 Å². The summed E-state index contributed by atoms with van der Waals surface area (Å²) in [6.45, 7) is 43.1. The summed E-state index contributed by atoms with van der Waals surface area (Å²) >= 11 is 11.5. The lowest BCUT2D eigenvalue weighted by atomic mass is 9.99. The fourth-order valence-electron chi connectivity index (χ4n) is 13.6. The van der Waals surface area contributed by atoms with Crippen LogP contribution in [0.3, 0.4) is 0 Å². The van der Waals surface area contributed by atoms with Gasteiger partial charge in [0.15, 0.2) is 0 Å². The number of para-hydroxylation sites is 1. The number of methoxy groups -OCH3 is 3. The van der Waals surface area contributed by atoms with Crippen LogP contribution in [0.15, 0.2) is 258 Å². The number of pyridine rings is 1. The predicted octanol–water partition coefficient (Wildman–Crippen LogP) is 25.5. The molecule has 3 fully saturated rings. The SMILES string of the molecule is C=C(C)N1CCN(S(O)(O)c2ccc(C)cc2)CC1.CCc1cccc(C)c1.COc1ccc(C)cn1.COc1ncc(C)c(OC)n1.Cc1ccc(C)c(Cl)c1.Cc1ccc(CC(C)C)cc1.Cc1ccc(S(O)(O)N2CCCC(C(N)=O)C2)cc1.Cc1ccc(S(O)(O)NCCC2CCCN2C)cc1.Cc1ccc2c(c1)CCO2.Cc1ccccc1Cl.Cc1ccccc1N. The van der Waals surface area contributed by atoms with Crippen molar-refractivity contribution in [3.05, 3.63) is 337 Å². The lowest BCUT2D eigenvalue weighted by Crippen LogP contribution is -2.46. The molecule has 0 bridgehead atoms. The van der Waals surface area contributed by atoms with E-state index >= 15 is 0 Å². The minimum Gasteiger partial charge on any atom is -0.493 e. The Kier molecular flexibility index (Phi) is 50.1. The molecule has 0 radical (unpaired) electrons. The van der Waals surface area contributed by atoms with Crippen molar-refractivity contribution in [1.82, 2.24) is 38.1 Å². The minimum absolute atomic E-state index is 0.301. The number of carbonyl (C=O) groups is 1. The number of aromatic nitrogens is 3. The molecule has 26 heteroatoms. The molecule has 1 amide bonds. The number of benzene rings is 9. The summed E-state index contributed by atoms with van der Waals surface area (Å²) in [5.74, 6) is 2.38. The van der Waals surface area contributed by atoms with Crippen LogP contribution in [0.4, 0.5) is 5.69 Å². The zero-order chi connectivity index (χ0) is 97.7. The third kappa shape index (κ3) is 41.1. The number of ether oxygens (including phenoxy) is 4. The Labute approximate surface area is 804 Å². The molecule has 720 valence electrons. The number of primary amides is 1. The van der Waals surface area contributed by atoms with Gasteiger partial charge in [-0.25, -0.2) is 19.0 Å². The molecule has 11 N–H and O–H groups in total. The van der Waals surface area contributed by atoms with Crippen LogP contribution in [0.1, 0.15) is 143 Å². The van der Waals surface area contributed by atoms with Gasteiger partial charge in [0.05, 0.1) is 48.5 Å². The van der Waals surface area contributed by atoms with Crippen molar-refractivity contribution in [1.29, 1.82) is 0 Å². The number of piperazine rings is 1. The fourth-order valence-corrected chi connectivity index (χ4v) is 18.1. The Bertz CT molecular complexity index is 5100. The monoisotopic (exact) mass is 1900 g/mol. The topological polar surface area (TPSA) is 291 Å². The van der Waals surface area contributed by atoms with Gasteiger partial charge in [0.25, 0.3) is 0 Å². The van der Waals surface area contributed by atoms with E-state index in [1.165, 1.54) is 65.3 Å². The largest absolute Gasteiger partial charge is 0.493 e. The second-order valence-electron chi connectivity index (χ2n) is 33.7. The highest BCUT2D eigenvalue weighted by Gasteiger charge is 2.33. The third-order valence-corrected chi connectivity index (χ3v) is 28.1. The standard InChI is InChI=1S/C14H22N2O2S.C14H24N2O2S.C13H20N2O3S.C11H16.C9H10O.C9H12.C8H9Cl.C7H7Cl.C7H10N2O2.C7H9NO.C7H9N/c1-12(2)15-8-10-16(11-9-15)19(17,18)14-6-4-13(3)5-7-14;1-12-5-7-14(8-6-12)19(17,18)15-10-9-13-4-3-11-16(13)2;1-10-4-6-12(7-5-10)19(17,18)15-8-2-3-11(9-15)13(14)16;1-9(2)8-11-6-4-10(3)5-7-11;1-7-2-3-9-8(6-7)4-5-10-9;1-3-9-6-4-5-8(2)7-9;1-6-3-4-7(2)8(9)5-6;1-6-4-2-3-5-7(6)8;1-5-4-8-7(11-3)9-6(5)10-2;1-6-3-4-7(9-2)8-5-6;1-6-4-2-3-5-7(6)8/h4-7,17-18H,1,8-11H2,2-3H3;5-8,13,15,17-18H,3-4,9-11H2,1-2H3;4-7,11,17-18H,2-3,8-9H2,1H3,(H2,14,16);4-7,9H,8H2,1-3H3;2-3,6H,4-5H2,1H3;4-7H,3H2,1-2H3;3-5H,1-2H3;2-5H,1H3;4H,1-3H3;3-5H,1-2H3;2-5H,8H2,1H3. The highest BCUT2D eigenvalue weighted by molar-refractivity contribution is 8.23. The number of piperidine rings is 1. The molecule has 21 nitrogen and oxygen atoms in total. The number of nitrogens with zero attached hydrogens (tertiary/aromatic N) is 7. The van der Waals surface area contributed by atoms with Gasteiger partial charge in [-0.15, -0.1) is 32.3 Å². The molecule has 0 spiro atoms. The van der Waals surface area contributed by atoms with Crippen LogP contribution in [0.25, 0.3) is 0 Å². The van der Waals surface area contributed by atoms with Gasteiger partial charge in [0, 0.05) is 104 Å². The number of likely N-dealkylation sites (tertiary alicyclic amines) is 1. The number of nitrogens with two attached hydrogens (primary N) is 2. The number of amides is 1. The van der Waals surface area contributed by atoms with Gasteiger partial charge >= 0.3 is 6.01 Å². The molecule has 0 saturated carbocycles. The van der Waals surface area contributed by atoms with Crippen molar-refractivity contribution in [2.24, 2.45) is 17.6 Å².